The van der Waals surface area contributed by atoms with Crippen molar-refractivity contribution in [2.24, 2.45) is 0 Å². The van der Waals surface area contributed by atoms with Gasteiger partial charge in [0.05, 0.1) is 0 Å². The second-order valence-corrected chi connectivity index (χ2v) is 6.30. The fraction of sp³-hybridized carbons (Fsp3) is 1.00. The summed E-state index contributed by atoms with van der Waals surface area (Å²) in [5.41, 5.74) is 0.684. The average molecular weight is 240 g/mol. The lowest BCUT2D eigenvalue weighted by molar-refractivity contribution is 0.00786. The molecule has 0 spiro atoms. The molecule has 0 radical (unpaired) electrons. The van der Waals surface area contributed by atoms with Gasteiger partial charge in [0.25, 0.3) is 0 Å². The summed E-state index contributed by atoms with van der Waals surface area (Å²) in [7, 11) is 0. The molecule has 0 atom stereocenters. The van der Waals surface area contributed by atoms with Crippen LogP contribution in [0.2, 0.25) is 0 Å². The van der Waals surface area contributed by atoms with Crippen molar-refractivity contribution < 1.29 is 0 Å². The minimum atomic E-state index is 0.278. The van der Waals surface area contributed by atoms with Gasteiger partial charge in [0.1, 0.15) is 0 Å². The molecule has 0 saturated carbocycles. The van der Waals surface area contributed by atoms with Crippen LogP contribution in [0.15, 0.2) is 0 Å². The maximum atomic E-state index is 3.73. The molecular formula is C15H32N2. The number of piperazine rings is 1. The highest BCUT2D eigenvalue weighted by Gasteiger charge is 2.41. The van der Waals surface area contributed by atoms with Gasteiger partial charge in [-0.1, -0.05) is 33.6 Å². The van der Waals surface area contributed by atoms with Crippen LogP contribution in [0.5, 0.6) is 0 Å². The van der Waals surface area contributed by atoms with E-state index in [-0.39, 0.29) is 5.54 Å². The summed E-state index contributed by atoms with van der Waals surface area (Å²) in [5, 5.41) is 3.73. The van der Waals surface area contributed by atoms with Gasteiger partial charge in [0.2, 0.25) is 0 Å². The highest BCUT2D eigenvalue weighted by molar-refractivity contribution is 5.00. The summed E-state index contributed by atoms with van der Waals surface area (Å²) < 4.78 is 0. The third kappa shape index (κ3) is 3.69. The smallest absolute Gasteiger partial charge is 0.0329 e. The fourth-order valence-electron chi connectivity index (χ4n) is 3.03. The molecule has 1 fully saturated rings. The predicted molar refractivity (Wildman–Crippen MR) is 76.5 cm³/mol. The Morgan fingerprint density at radius 2 is 1.71 bits per heavy atom. The minimum Gasteiger partial charge on any atom is -0.309 e. The van der Waals surface area contributed by atoms with Crippen molar-refractivity contribution in [2.75, 3.05) is 19.6 Å². The Bertz CT molecular complexity index is 219. The van der Waals surface area contributed by atoms with Crippen molar-refractivity contribution in [1.82, 2.24) is 10.2 Å². The second kappa shape index (κ2) is 6.19. The van der Waals surface area contributed by atoms with Crippen molar-refractivity contribution in [3.8, 4) is 0 Å². The summed E-state index contributed by atoms with van der Waals surface area (Å²) in [5.74, 6) is 0. The molecule has 1 N–H and O–H groups in total. The van der Waals surface area contributed by atoms with E-state index in [9.17, 15) is 0 Å². The van der Waals surface area contributed by atoms with E-state index in [1.165, 1.54) is 45.2 Å². The Morgan fingerprint density at radius 3 is 2.24 bits per heavy atom. The van der Waals surface area contributed by atoms with E-state index >= 15 is 0 Å². The van der Waals surface area contributed by atoms with Crippen molar-refractivity contribution in [1.29, 1.82) is 0 Å². The van der Waals surface area contributed by atoms with Crippen LogP contribution < -0.4 is 5.32 Å². The van der Waals surface area contributed by atoms with Gasteiger partial charge in [-0.15, -0.1) is 0 Å². The lowest BCUT2D eigenvalue weighted by Gasteiger charge is -2.52. The average Bonchev–Trinajstić information content (AvgIpc) is 2.30. The van der Waals surface area contributed by atoms with E-state index < -0.39 is 0 Å². The molecule has 102 valence electrons. The number of hydrogen-bond acceptors (Lipinski definition) is 2. The Hall–Kier alpha value is -0.0800. The molecule has 1 heterocycles. The lowest BCUT2D eigenvalue weighted by Crippen LogP contribution is -2.68. The van der Waals surface area contributed by atoms with Gasteiger partial charge in [0.15, 0.2) is 0 Å². The minimum absolute atomic E-state index is 0.278. The van der Waals surface area contributed by atoms with E-state index in [4.69, 9.17) is 0 Å². The van der Waals surface area contributed by atoms with Crippen LogP contribution in [0.4, 0.5) is 0 Å². The zero-order valence-corrected chi connectivity index (χ0v) is 12.6. The molecule has 0 aromatic rings. The number of nitrogens with one attached hydrogen (secondary N) is 1. The van der Waals surface area contributed by atoms with E-state index in [0.717, 1.165) is 6.54 Å². The van der Waals surface area contributed by atoms with Crippen LogP contribution in [0, 0.1) is 0 Å². The van der Waals surface area contributed by atoms with Crippen molar-refractivity contribution in [2.45, 2.75) is 77.8 Å². The Labute approximate surface area is 108 Å². The Morgan fingerprint density at radius 1 is 1.06 bits per heavy atom. The summed E-state index contributed by atoms with van der Waals surface area (Å²) in [4.78, 5) is 2.76. The molecule has 0 aromatic heterocycles. The third-order valence-electron chi connectivity index (χ3n) is 4.50. The van der Waals surface area contributed by atoms with Crippen LogP contribution >= 0.6 is 0 Å². The largest absolute Gasteiger partial charge is 0.309 e. The van der Waals surface area contributed by atoms with Crippen LogP contribution in [0.25, 0.3) is 0 Å². The third-order valence-corrected chi connectivity index (χ3v) is 4.50. The van der Waals surface area contributed by atoms with Gasteiger partial charge in [-0.2, -0.15) is 0 Å². The molecular weight excluding hydrogens is 208 g/mol. The molecule has 0 aliphatic carbocycles. The van der Waals surface area contributed by atoms with E-state index in [1.807, 2.05) is 0 Å². The van der Waals surface area contributed by atoms with Gasteiger partial charge >= 0.3 is 0 Å². The first-order chi connectivity index (χ1) is 7.99. The van der Waals surface area contributed by atoms with Crippen molar-refractivity contribution in [3.63, 3.8) is 0 Å². The predicted octanol–water partition coefficient (Wildman–Crippen LogP) is 3.42. The summed E-state index contributed by atoms with van der Waals surface area (Å²) in [6.07, 6.45) is 6.57. The molecule has 1 saturated heterocycles. The Balaban J connectivity index is 2.67. The molecule has 1 aliphatic heterocycles. The summed E-state index contributed by atoms with van der Waals surface area (Å²) in [6.45, 7) is 15.3. The molecule has 1 rings (SSSR count). The van der Waals surface area contributed by atoms with Gasteiger partial charge < -0.3 is 5.32 Å². The van der Waals surface area contributed by atoms with Crippen molar-refractivity contribution in [3.05, 3.63) is 0 Å². The van der Waals surface area contributed by atoms with Crippen molar-refractivity contribution >= 4 is 0 Å². The quantitative estimate of drug-likeness (QED) is 0.716. The molecule has 0 aromatic carbocycles. The van der Waals surface area contributed by atoms with Gasteiger partial charge in [-0.3, -0.25) is 4.90 Å². The summed E-state index contributed by atoms with van der Waals surface area (Å²) in [6, 6.07) is 0. The number of hydrogen-bond donors (Lipinski definition) is 1. The van der Waals surface area contributed by atoms with E-state index in [0.29, 0.717) is 5.54 Å². The standard InChI is InChI=1S/C15H32N2/c1-6-9-10-11-17-13-14(4,5)16-12-15(17,7-2)8-3/h16H,6-13H2,1-5H3. The van der Waals surface area contributed by atoms with Gasteiger partial charge in [0, 0.05) is 24.2 Å². The lowest BCUT2D eigenvalue weighted by atomic mass is 9.84. The summed E-state index contributed by atoms with van der Waals surface area (Å²) >= 11 is 0. The maximum Gasteiger partial charge on any atom is 0.0329 e. The highest BCUT2D eigenvalue weighted by atomic mass is 15.3. The van der Waals surface area contributed by atoms with Gasteiger partial charge in [-0.25, -0.2) is 0 Å². The SMILES string of the molecule is CCCCCN1CC(C)(C)NCC1(CC)CC. The molecule has 2 heteroatoms. The molecule has 0 unspecified atom stereocenters. The highest BCUT2D eigenvalue weighted by Crippen LogP contribution is 2.30. The molecule has 0 amide bonds. The monoisotopic (exact) mass is 240 g/mol. The Kier molecular flexibility index (Phi) is 5.46. The zero-order chi connectivity index (χ0) is 12.9. The molecule has 17 heavy (non-hydrogen) atoms. The number of unbranched alkanes of at least 4 members (excludes halogenated alkanes) is 2. The maximum absolute atomic E-state index is 3.73. The number of nitrogens with zero attached hydrogens (tertiary/aromatic N) is 1. The first kappa shape index (κ1) is 15.0. The normalized spacial score (nSPS) is 23.8. The van der Waals surface area contributed by atoms with Gasteiger partial charge in [-0.05, 0) is 39.7 Å². The first-order valence-corrected chi connectivity index (χ1v) is 7.50. The molecule has 0 bridgehead atoms. The van der Waals surface area contributed by atoms with E-state index in [1.54, 1.807) is 0 Å². The van der Waals surface area contributed by atoms with E-state index in [2.05, 4.69) is 44.8 Å². The van der Waals surface area contributed by atoms with Crippen LogP contribution in [-0.4, -0.2) is 35.6 Å². The van der Waals surface area contributed by atoms with Crippen LogP contribution in [0.3, 0.4) is 0 Å². The second-order valence-electron chi connectivity index (χ2n) is 6.30. The molecule has 1 aliphatic rings. The van der Waals surface area contributed by atoms with Crippen LogP contribution in [-0.2, 0) is 0 Å². The topological polar surface area (TPSA) is 15.3 Å². The zero-order valence-electron chi connectivity index (χ0n) is 12.6. The first-order valence-electron chi connectivity index (χ1n) is 7.50. The molecule has 2 nitrogen and oxygen atoms in total. The van der Waals surface area contributed by atoms with Crippen LogP contribution in [0.1, 0.15) is 66.7 Å². The fourth-order valence-corrected chi connectivity index (χ4v) is 3.03. The number of rotatable bonds is 6.